The summed E-state index contributed by atoms with van der Waals surface area (Å²) in [5.41, 5.74) is 4.80. The topological polar surface area (TPSA) is 51.8 Å². The number of hydrogen-bond acceptors (Lipinski definition) is 4. The zero-order valence-electron chi connectivity index (χ0n) is 17.1. The van der Waals surface area contributed by atoms with Gasteiger partial charge < -0.3 is 4.42 Å². The van der Waals surface area contributed by atoms with Gasteiger partial charge in [0.15, 0.2) is 5.82 Å². The van der Waals surface area contributed by atoms with Gasteiger partial charge in [-0.1, -0.05) is 85.0 Å². The molecule has 6 rings (SSSR count). The molecule has 2 aromatic heterocycles. The van der Waals surface area contributed by atoms with Crippen LogP contribution in [0.15, 0.2) is 95.5 Å². The van der Waals surface area contributed by atoms with Crippen LogP contribution in [-0.4, -0.2) is 15.0 Å². The molecular weight excluding hydrogens is 418 g/mol. The summed E-state index contributed by atoms with van der Waals surface area (Å²) in [5, 5.41) is 2.45. The number of aromatic nitrogens is 3. The van der Waals surface area contributed by atoms with Gasteiger partial charge in [0.1, 0.15) is 17.0 Å². The maximum Gasteiger partial charge on any atom is 0.226 e. The first kappa shape index (κ1) is 19.0. The smallest absolute Gasteiger partial charge is 0.226 e. The lowest BCUT2D eigenvalue weighted by molar-refractivity contribution is 0.670. The van der Waals surface area contributed by atoms with Crippen molar-refractivity contribution in [3.05, 3.63) is 102 Å². The van der Waals surface area contributed by atoms with Crippen molar-refractivity contribution in [2.45, 2.75) is 12.3 Å². The first-order valence-corrected chi connectivity index (χ1v) is 10.9. The van der Waals surface area contributed by atoms with E-state index in [1.165, 1.54) is 0 Å². The van der Waals surface area contributed by atoms with E-state index in [-0.39, 0.29) is 11.2 Å². The van der Waals surface area contributed by atoms with Crippen LogP contribution < -0.4 is 0 Å². The van der Waals surface area contributed by atoms with Crippen LogP contribution in [0, 0.1) is 0 Å². The van der Waals surface area contributed by atoms with Gasteiger partial charge in [-0.05, 0) is 29.7 Å². The normalized spacial score (nSPS) is 15.6. The maximum absolute atomic E-state index is 6.23. The zero-order valence-corrected chi connectivity index (χ0v) is 17.8. The molecule has 0 saturated heterocycles. The lowest BCUT2D eigenvalue weighted by Gasteiger charge is -2.12. The standard InChI is InChI=1S/C27H18ClN3O/c28-27-30-25(18-7-2-1-3-8-18)29-26(31-27)19-15-13-17(14-16-19)20-10-6-11-22-21-9-4-5-12-23(21)32-24(20)22/h1-7,9-16,18H,8H2. The summed E-state index contributed by atoms with van der Waals surface area (Å²) in [4.78, 5) is 13.4. The highest BCUT2D eigenvalue weighted by Crippen LogP contribution is 2.36. The van der Waals surface area contributed by atoms with Gasteiger partial charge >= 0.3 is 0 Å². The highest BCUT2D eigenvalue weighted by atomic mass is 35.5. The minimum Gasteiger partial charge on any atom is -0.455 e. The molecule has 0 fully saturated rings. The van der Waals surface area contributed by atoms with E-state index in [0.717, 1.165) is 45.0 Å². The molecule has 2 heterocycles. The molecule has 1 atom stereocenters. The van der Waals surface area contributed by atoms with E-state index in [0.29, 0.717) is 11.6 Å². The summed E-state index contributed by atoms with van der Waals surface area (Å²) in [6, 6.07) is 22.5. The Bertz CT molecular complexity index is 1520. The third kappa shape index (κ3) is 3.29. The van der Waals surface area contributed by atoms with Crippen molar-refractivity contribution in [3.8, 4) is 22.5 Å². The maximum atomic E-state index is 6.23. The Balaban J connectivity index is 1.39. The summed E-state index contributed by atoms with van der Waals surface area (Å²) in [6.07, 6.45) is 9.10. The minimum absolute atomic E-state index is 0.115. The number of hydrogen-bond donors (Lipinski definition) is 0. The Hall–Kier alpha value is -3.76. The van der Waals surface area contributed by atoms with Crippen LogP contribution in [0.3, 0.4) is 0 Å². The highest BCUT2D eigenvalue weighted by molar-refractivity contribution is 6.28. The lowest BCUT2D eigenvalue weighted by Crippen LogP contribution is -2.06. The monoisotopic (exact) mass is 435 g/mol. The van der Waals surface area contributed by atoms with E-state index in [1.807, 2.05) is 42.5 Å². The third-order valence-corrected chi connectivity index (χ3v) is 5.97. The van der Waals surface area contributed by atoms with Crippen molar-refractivity contribution in [2.24, 2.45) is 0 Å². The number of para-hydroxylation sites is 2. The number of nitrogens with zero attached hydrogens (tertiary/aromatic N) is 3. The van der Waals surface area contributed by atoms with Crippen LogP contribution in [-0.2, 0) is 0 Å². The number of fused-ring (bicyclic) bond motifs is 3. The third-order valence-electron chi connectivity index (χ3n) is 5.80. The SMILES string of the molecule is Clc1nc(-c2ccc(-c3cccc4c3oc3ccccc34)cc2)nc(C2C=CC=CC2)n1. The molecule has 32 heavy (non-hydrogen) atoms. The van der Waals surface area contributed by atoms with E-state index in [2.05, 4.69) is 58.5 Å². The average Bonchev–Trinajstić information content (AvgIpc) is 3.23. The lowest BCUT2D eigenvalue weighted by atomic mass is 10.00. The van der Waals surface area contributed by atoms with Crippen LogP contribution in [0.5, 0.6) is 0 Å². The molecule has 5 heteroatoms. The van der Waals surface area contributed by atoms with Gasteiger partial charge in [0.2, 0.25) is 5.28 Å². The van der Waals surface area contributed by atoms with Gasteiger partial charge in [-0.3, -0.25) is 0 Å². The minimum atomic E-state index is 0.115. The van der Waals surface area contributed by atoms with Gasteiger partial charge in [0, 0.05) is 27.8 Å². The Morgan fingerprint density at radius 3 is 2.44 bits per heavy atom. The van der Waals surface area contributed by atoms with Crippen LogP contribution in [0.2, 0.25) is 5.28 Å². The molecule has 1 unspecified atom stereocenters. The largest absolute Gasteiger partial charge is 0.455 e. The fourth-order valence-electron chi connectivity index (χ4n) is 4.21. The molecular formula is C27H18ClN3O. The van der Waals surface area contributed by atoms with E-state index in [4.69, 9.17) is 21.0 Å². The Morgan fingerprint density at radius 1 is 0.781 bits per heavy atom. The molecule has 1 aliphatic carbocycles. The molecule has 154 valence electrons. The Kier molecular flexibility index (Phi) is 4.58. The van der Waals surface area contributed by atoms with Crippen molar-refractivity contribution in [1.29, 1.82) is 0 Å². The van der Waals surface area contributed by atoms with Gasteiger partial charge in [-0.15, -0.1) is 0 Å². The van der Waals surface area contributed by atoms with E-state index in [1.54, 1.807) is 0 Å². The van der Waals surface area contributed by atoms with Gasteiger partial charge in [-0.2, -0.15) is 4.98 Å². The molecule has 5 aromatic rings. The fraction of sp³-hybridized carbons (Fsp3) is 0.0741. The van der Waals surface area contributed by atoms with Crippen LogP contribution in [0.25, 0.3) is 44.5 Å². The summed E-state index contributed by atoms with van der Waals surface area (Å²) >= 11 is 6.23. The molecule has 1 aliphatic rings. The van der Waals surface area contributed by atoms with Crippen molar-refractivity contribution < 1.29 is 4.42 Å². The quantitative estimate of drug-likeness (QED) is 0.297. The molecule has 0 saturated carbocycles. The second-order valence-corrected chi connectivity index (χ2v) is 8.14. The molecule has 0 radical (unpaired) electrons. The summed E-state index contributed by atoms with van der Waals surface area (Å²) in [7, 11) is 0. The molecule has 0 N–H and O–H groups in total. The number of rotatable bonds is 3. The fourth-order valence-corrected chi connectivity index (χ4v) is 4.37. The second kappa shape index (κ2) is 7.74. The molecule has 3 aromatic carbocycles. The van der Waals surface area contributed by atoms with Crippen molar-refractivity contribution in [1.82, 2.24) is 15.0 Å². The van der Waals surface area contributed by atoms with Gasteiger partial charge in [-0.25, -0.2) is 9.97 Å². The first-order chi connectivity index (χ1) is 15.8. The number of allylic oxidation sites excluding steroid dienone is 4. The summed E-state index contributed by atoms with van der Waals surface area (Å²) < 4.78 is 6.19. The summed E-state index contributed by atoms with van der Waals surface area (Å²) in [6.45, 7) is 0. The van der Waals surface area contributed by atoms with E-state index in [9.17, 15) is 0 Å². The van der Waals surface area contributed by atoms with Crippen molar-refractivity contribution >= 4 is 33.5 Å². The second-order valence-electron chi connectivity index (χ2n) is 7.80. The van der Waals surface area contributed by atoms with Crippen molar-refractivity contribution in [2.75, 3.05) is 0 Å². The molecule has 0 amide bonds. The molecule has 0 bridgehead atoms. The van der Waals surface area contributed by atoms with Crippen LogP contribution >= 0.6 is 11.6 Å². The first-order valence-electron chi connectivity index (χ1n) is 10.5. The zero-order chi connectivity index (χ0) is 21.5. The average molecular weight is 436 g/mol. The number of furan rings is 1. The number of halogens is 1. The van der Waals surface area contributed by atoms with E-state index < -0.39 is 0 Å². The van der Waals surface area contributed by atoms with Crippen LogP contribution in [0.4, 0.5) is 0 Å². The molecule has 0 aliphatic heterocycles. The molecule has 4 nitrogen and oxygen atoms in total. The van der Waals surface area contributed by atoms with Crippen molar-refractivity contribution in [3.63, 3.8) is 0 Å². The predicted octanol–water partition coefficient (Wildman–Crippen LogP) is 7.36. The molecule has 0 spiro atoms. The highest BCUT2D eigenvalue weighted by Gasteiger charge is 2.16. The Morgan fingerprint density at radius 2 is 1.59 bits per heavy atom. The predicted molar refractivity (Wildman–Crippen MR) is 129 cm³/mol. The Labute approximate surface area is 189 Å². The van der Waals surface area contributed by atoms with E-state index >= 15 is 0 Å². The van der Waals surface area contributed by atoms with Gasteiger partial charge in [0.05, 0.1) is 0 Å². The van der Waals surface area contributed by atoms with Gasteiger partial charge in [0.25, 0.3) is 0 Å². The van der Waals surface area contributed by atoms with Crippen LogP contribution in [0.1, 0.15) is 18.2 Å². The summed E-state index contributed by atoms with van der Waals surface area (Å²) in [5.74, 6) is 1.39. The number of benzene rings is 3.